The van der Waals surface area contributed by atoms with Gasteiger partial charge in [0.2, 0.25) is 0 Å². The molecule has 11 heterocycles. The molecule has 17 aromatic rings. The van der Waals surface area contributed by atoms with E-state index in [-0.39, 0.29) is 12.1 Å². The Bertz CT molecular complexity index is 6680. The van der Waals surface area contributed by atoms with Crippen molar-refractivity contribution in [1.29, 1.82) is 0 Å². The molecule has 5 N–H and O–H groups in total. The number of hydrogen-bond donors (Lipinski definition) is 5. The fourth-order valence-corrected chi connectivity index (χ4v) is 21.9. The number of benzene rings is 10. The van der Waals surface area contributed by atoms with Gasteiger partial charge in [-0.3, -0.25) is 49.5 Å². The van der Waals surface area contributed by atoms with Gasteiger partial charge in [0, 0.05) is 237 Å². The van der Waals surface area contributed by atoms with Crippen LogP contribution in [0.2, 0.25) is 20.1 Å². The molecule has 750 valence electrons. The van der Waals surface area contributed by atoms with E-state index in [0.29, 0.717) is 33.2 Å². The second kappa shape index (κ2) is 53.2. The molecular weight excluding hydrogens is 1890 g/mol. The van der Waals surface area contributed by atoms with E-state index in [1.165, 1.54) is 57.3 Å². The van der Waals surface area contributed by atoms with Gasteiger partial charge in [0.1, 0.15) is 5.76 Å². The summed E-state index contributed by atoms with van der Waals surface area (Å²) in [6.45, 7) is 24.2. The van der Waals surface area contributed by atoms with Gasteiger partial charge >= 0.3 is 0 Å². The zero-order valence-corrected chi connectivity index (χ0v) is 86.2. The Morgan fingerprint density at radius 2 is 0.596 bits per heavy atom. The molecule has 7 aromatic heterocycles. The van der Waals surface area contributed by atoms with Crippen LogP contribution < -0.4 is 21.3 Å². The van der Waals surface area contributed by atoms with Crippen LogP contribution in [0.4, 0.5) is 22.7 Å². The second-order valence-electron chi connectivity index (χ2n) is 38.4. The Morgan fingerprint density at radius 1 is 0.295 bits per heavy atom. The zero-order valence-electron chi connectivity index (χ0n) is 83.1. The van der Waals surface area contributed by atoms with Crippen LogP contribution in [0.25, 0.3) is 43.6 Å². The third-order valence-electron chi connectivity index (χ3n) is 28.9. The summed E-state index contributed by atoms with van der Waals surface area (Å²) >= 11 is 24.5. The van der Waals surface area contributed by atoms with E-state index in [2.05, 4.69) is 284 Å². The van der Waals surface area contributed by atoms with Gasteiger partial charge in [-0.05, 0) is 274 Å². The average Bonchev–Trinajstić information content (AvgIpc) is 0.748. The second-order valence-corrected chi connectivity index (χ2v) is 40.2. The highest BCUT2D eigenvalue weighted by molar-refractivity contribution is 6.32. The molecular formula is C122H132Cl4N18O2. The average molecular weight is 2020 g/mol. The number of furan rings is 1. The summed E-state index contributed by atoms with van der Waals surface area (Å²) in [5.41, 5.74) is 19.4. The van der Waals surface area contributed by atoms with Crippen molar-refractivity contribution in [3.63, 3.8) is 0 Å². The highest BCUT2D eigenvalue weighted by atomic mass is 35.5. The van der Waals surface area contributed by atoms with Crippen LogP contribution >= 0.6 is 46.4 Å². The number of likely N-dealkylation sites (tertiary alicyclic amines) is 3. The normalized spacial score (nSPS) is 15.0. The van der Waals surface area contributed by atoms with Crippen LogP contribution in [0.3, 0.4) is 0 Å². The van der Waals surface area contributed by atoms with E-state index < -0.39 is 0 Å². The number of pyridine rings is 6. The Kier molecular flexibility index (Phi) is 37.6. The fraction of sp³-hybridized carbons (Fsp3) is 0.295. The first kappa shape index (κ1) is 103. The first-order chi connectivity index (χ1) is 71.9. The highest BCUT2D eigenvalue weighted by Crippen LogP contribution is 2.44. The predicted molar refractivity (Wildman–Crippen MR) is 601 cm³/mol. The van der Waals surface area contributed by atoms with Gasteiger partial charge in [-0.25, -0.2) is 0 Å². The summed E-state index contributed by atoms with van der Waals surface area (Å²) in [7, 11) is 0. The summed E-state index contributed by atoms with van der Waals surface area (Å²) in [6.07, 6.45) is 24.7. The van der Waals surface area contributed by atoms with Crippen molar-refractivity contribution in [2.75, 3.05) is 139 Å². The van der Waals surface area contributed by atoms with Gasteiger partial charge in [-0.1, -0.05) is 222 Å². The topological polar surface area (TPSA) is 185 Å². The third-order valence-corrected chi connectivity index (χ3v) is 29.9. The number of nitrogens with one attached hydrogen (secondary N) is 4. The number of anilines is 4. The quantitative estimate of drug-likeness (QED) is 0.0183. The molecule has 0 amide bonds. The van der Waals surface area contributed by atoms with Gasteiger partial charge in [0.15, 0.2) is 0 Å². The SMILES string of the molecule is Clc1ccc2c(NCCCN3CCN(C(c4ccccc4)(c4ccccc4)c4ccccc4)CC3)ccnc2c1.Clc1ccc2c(NCCN3CCC(N(Cc4ccccc4)Cc4ccccc4)CC3)ccnc2c1.Clc1ccc2c(NCCN3CCC(N(Cc4ccncc4)Cc4ccco4)CC3)ccnc2c1.OCc1ccc(CN(Cc2ccncc2)C2CCN(CCNc3ccnc4cc(Cl)ccc34)CC2)cc1. The lowest BCUT2D eigenvalue weighted by Gasteiger charge is -2.49. The minimum absolute atomic E-state index is 0.0834. The van der Waals surface area contributed by atoms with Crippen LogP contribution in [0.15, 0.2) is 370 Å². The molecule has 21 rings (SSSR count). The molecule has 4 fully saturated rings. The van der Waals surface area contributed by atoms with Crippen LogP contribution in [0.5, 0.6) is 0 Å². The van der Waals surface area contributed by atoms with E-state index in [9.17, 15) is 5.11 Å². The van der Waals surface area contributed by atoms with Gasteiger partial charge in [0.25, 0.3) is 0 Å². The van der Waals surface area contributed by atoms with Crippen molar-refractivity contribution >= 4 is 113 Å². The number of halogens is 4. The number of rotatable bonds is 37. The largest absolute Gasteiger partial charge is 0.468 e. The van der Waals surface area contributed by atoms with E-state index in [1.54, 1.807) is 6.26 Å². The van der Waals surface area contributed by atoms with Crippen LogP contribution in [-0.4, -0.2) is 210 Å². The number of piperidine rings is 3. The van der Waals surface area contributed by atoms with Crippen molar-refractivity contribution in [2.24, 2.45) is 0 Å². The zero-order chi connectivity index (χ0) is 99.7. The van der Waals surface area contributed by atoms with Crippen LogP contribution in [0.1, 0.15) is 101 Å². The fourth-order valence-electron chi connectivity index (χ4n) is 21.2. The minimum atomic E-state index is -0.331. The highest BCUT2D eigenvalue weighted by Gasteiger charge is 2.43. The first-order valence-corrected chi connectivity index (χ1v) is 53.2. The number of aliphatic hydroxyl groups excluding tert-OH is 1. The first-order valence-electron chi connectivity index (χ1n) is 51.6. The molecule has 0 atom stereocenters. The molecule has 4 aliphatic heterocycles. The molecule has 0 unspecified atom stereocenters. The molecule has 0 aliphatic carbocycles. The van der Waals surface area contributed by atoms with Crippen molar-refractivity contribution in [3.8, 4) is 0 Å². The molecule has 0 radical (unpaired) electrons. The maximum absolute atomic E-state index is 9.38. The van der Waals surface area contributed by atoms with Crippen molar-refractivity contribution in [2.45, 2.75) is 114 Å². The van der Waals surface area contributed by atoms with E-state index in [1.807, 2.05) is 165 Å². The number of hydrogen-bond acceptors (Lipinski definition) is 20. The molecule has 4 aliphatic rings. The Labute approximate surface area is 879 Å². The minimum Gasteiger partial charge on any atom is -0.468 e. The summed E-state index contributed by atoms with van der Waals surface area (Å²) in [6, 6.07) is 109. The van der Waals surface area contributed by atoms with E-state index in [0.717, 1.165) is 272 Å². The summed E-state index contributed by atoms with van der Waals surface area (Å²) in [5, 5.41) is 31.1. The van der Waals surface area contributed by atoms with E-state index in [4.69, 9.17) is 50.8 Å². The predicted octanol–water partition coefficient (Wildman–Crippen LogP) is 24.6. The molecule has 0 spiro atoms. The molecule has 24 heteroatoms. The van der Waals surface area contributed by atoms with Crippen LogP contribution in [-0.2, 0) is 51.4 Å². The lowest BCUT2D eigenvalue weighted by atomic mass is 9.75. The van der Waals surface area contributed by atoms with Gasteiger partial charge < -0.3 is 50.4 Å². The van der Waals surface area contributed by atoms with E-state index >= 15 is 0 Å². The summed E-state index contributed by atoms with van der Waals surface area (Å²) < 4.78 is 5.66. The number of nitrogens with zero attached hydrogens (tertiary/aromatic N) is 14. The maximum atomic E-state index is 9.38. The Morgan fingerprint density at radius 3 is 0.925 bits per heavy atom. The van der Waals surface area contributed by atoms with Gasteiger partial charge in [-0.15, -0.1) is 0 Å². The smallest absolute Gasteiger partial charge is 0.117 e. The molecule has 146 heavy (non-hydrogen) atoms. The van der Waals surface area contributed by atoms with Gasteiger partial charge in [-0.2, -0.15) is 0 Å². The van der Waals surface area contributed by atoms with Crippen LogP contribution in [0, 0.1) is 0 Å². The molecule has 10 aromatic carbocycles. The molecule has 0 bridgehead atoms. The lowest BCUT2D eigenvalue weighted by molar-refractivity contribution is 0.0730. The third kappa shape index (κ3) is 28.6. The molecule has 0 saturated carbocycles. The van der Waals surface area contributed by atoms with Crippen molar-refractivity contribution in [1.82, 2.24) is 69.1 Å². The Hall–Kier alpha value is -12.6. The lowest BCUT2D eigenvalue weighted by Crippen LogP contribution is -2.56. The Balaban J connectivity index is 0.000000128. The van der Waals surface area contributed by atoms with Crippen molar-refractivity contribution < 1.29 is 9.52 Å². The van der Waals surface area contributed by atoms with Crippen molar-refractivity contribution in [3.05, 3.63) is 441 Å². The monoisotopic (exact) mass is 2020 g/mol. The number of fused-ring (bicyclic) bond motifs is 4. The summed E-state index contributed by atoms with van der Waals surface area (Å²) in [4.78, 5) is 47.0. The maximum Gasteiger partial charge on any atom is 0.117 e. The van der Waals surface area contributed by atoms with Gasteiger partial charge in [0.05, 0.1) is 47.0 Å². The number of aromatic nitrogens is 6. The molecule has 20 nitrogen and oxygen atoms in total. The summed E-state index contributed by atoms with van der Waals surface area (Å²) in [5.74, 6) is 1.02. The number of aliphatic hydroxyl groups is 1. The number of piperazine rings is 1. The standard InChI is InChI=1S/C35H35ClN4.C30H34ClN5O.C30H33ClN4.C27H30ClN5O/c36-31-17-18-32-33(19-21-38-34(32)27-31)37-20-10-22-39-23-25-40(26-24-39)35(28-11-4-1-5-12-28,29-13-6-2-7-14-29)30-15-8-3-9-16-30;31-26-5-6-28-29(9-14-33-30(28)19-26)34-15-18-35-16-10-27(11-17-35)36(21-24-7-12-32-13-8-24)20-23-1-3-25(22-37)4-2-23;31-26-11-12-28-29(13-16-32-30(28)21-26)33-17-20-34-18-14-27(15-19-34)35(22-24-7-3-1-4-8-24)23-25-9-5-2-6-10-25;28-22-3-4-25-26(7-12-30-27(25)18-22)31-13-16-32-14-8-23(9-15-32)33(20-24-2-1-17-34-24)19-21-5-10-29-11-6-21/h1-9,11-19,21,27H,10,20,22-26H2,(H,37,38);1-9,12-14,19,27,37H,10-11,15-18,20-22H2,(H,33,34);1-13,16,21,27H,14-15,17-20,22-23H2,(H,32,33);1-7,10-12,17-18,23H,8-9,13-16,19-20H2,(H,30,31). The molecule has 4 saturated heterocycles.